The average Bonchev–Trinajstić information content (AvgIpc) is 2.97. The third-order valence-corrected chi connectivity index (χ3v) is 2.30. The second kappa shape index (κ2) is 4.74. The molecule has 0 saturated heterocycles. The molecule has 0 radical (unpaired) electrons. The Kier molecular flexibility index (Phi) is 3.13. The quantitative estimate of drug-likeness (QED) is 0.510. The highest BCUT2D eigenvalue weighted by Crippen LogP contribution is 2.33. The maximum Gasteiger partial charge on any atom is 0.361 e. The Morgan fingerprint density at radius 3 is 2.94 bits per heavy atom. The second-order valence-corrected chi connectivity index (χ2v) is 3.38. The minimum absolute atomic E-state index is 0.144. The molecule has 7 heteroatoms. The molecule has 94 valence electrons. The first kappa shape index (κ1) is 11.9. The largest absolute Gasteiger partial charge is 0.464 e. The van der Waals surface area contributed by atoms with Crippen LogP contribution in [0.4, 0.5) is 5.69 Å². The number of nitrogens with one attached hydrogen (secondary N) is 1. The van der Waals surface area contributed by atoms with Gasteiger partial charge in [0.2, 0.25) is 5.69 Å². The lowest BCUT2D eigenvalue weighted by Gasteiger charge is -1.99. The maximum atomic E-state index is 11.6. The molecule has 0 aliphatic heterocycles. The third-order valence-electron chi connectivity index (χ3n) is 2.30. The molecule has 0 bridgehead atoms. The topological polar surface area (TPSA) is 98.4 Å². The molecule has 0 unspecified atom stereocenters. The fraction of sp³-hybridized carbons (Fsp3) is 0.182. The lowest BCUT2D eigenvalue weighted by atomic mass is 10.2. The van der Waals surface area contributed by atoms with Crippen molar-refractivity contribution in [1.29, 1.82) is 0 Å². The molecule has 0 spiro atoms. The lowest BCUT2D eigenvalue weighted by molar-refractivity contribution is -0.384. The summed E-state index contributed by atoms with van der Waals surface area (Å²) in [6.07, 6.45) is 2.75. The van der Waals surface area contributed by atoms with Crippen molar-refractivity contribution in [1.82, 2.24) is 4.98 Å². The van der Waals surface area contributed by atoms with Crippen molar-refractivity contribution < 1.29 is 18.9 Å². The van der Waals surface area contributed by atoms with E-state index in [0.717, 1.165) is 0 Å². The first-order valence-corrected chi connectivity index (χ1v) is 5.22. The molecule has 0 aromatic carbocycles. The van der Waals surface area contributed by atoms with Crippen molar-refractivity contribution in [3.63, 3.8) is 0 Å². The van der Waals surface area contributed by atoms with Gasteiger partial charge in [-0.3, -0.25) is 10.1 Å². The molecular weight excluding hydrogens is 240 g/mol. The summed E-state index contributed by atoms with van der Waals surface area (Å²) >= 11 is 0. The van der Waals surface area contributed by atoms with Crippen molar-refractivity contribution in [2.45, 2.75) is 6.92 Å². The Morgan fingerprint density at radius 2 is 2.39 bits per heavy atom. The standard InChI is InChI=1S/C11H10N2O5/c1-2-17-11(14)9-10(13(15)16)7(6-12-9)8-4-3-5-18-8/h3-6,12H,2H2,1H3. The van der Waals surface area contributed by atoms with E-state index in [1.54, 1.807) is 19.1 Å². The Hall–Kier alpha value is -2.57. The van der Waals surface area contributed by atoms with E-state index in [9.17, 15) is 14.9 Å². The summed E-state index contributed by atoms with van der Waals surface area (Å²) in [6, 6.07) is 3.18. The molecule has 0 atom stereocenters. The summed E-state index contributed by atoms with van der Waals surface area (Å²) in [5.74, 6) is -0.449. The van der Waals surface area contributed by atoms with Crippen molar-refractivity contribution in [2.24, 2.45) is 0 Å². The van der Waals surface area contributed by atoms with Crippen LogP contribution in [0.2, 0.25) is 0 Å². The van der Waals surface area contributed by atoms with Crippen LogP contribution in [0.25, 0.3) is 11.3 Å². The normalized spacial score (nSPS) is 10.3. The van der Waals surface area contributed by atoms with Gasteiger partial charge in [0.05, 0.1) is 17.8 Å². The van der Waals surface area contributed by atoms with E-state index >= 15 is 0 Å². The van der Waals surface area contributed by atoms with Crippen molar-refractivity contribution in [2.75, 3.05) is 6.61 Å². The molecular formula is C11H10N2O5. The van der Waals surface area contributed by atoms with E-state index < -0.39 is 10.9 Å². The van der Waals surface area contributed by atoms with Crippen LogP contribution in [0.15, 0.2) is 29.0 Å². The molecule has 2 heterocycles. The molecule has 0 saturated carbocycles. The summed E-state index contributed by atoms with van der Waals surface area (Å²) in [6.45, 7) is 1.77. The SMILES string of the molecule is CCOC(=O)c1[nH]cc(-c2ccco2)c1[N+](=O)[O-]. The molecule has 7 nitrogen and oxygen atoms in total. The first-order chi connectivity index (χ1) is 8.65. The maximum absolute atomic E-state index is 11.6. The summed E-state index contributed by atoms with van der Waals surface area (Å²) < 4.78 is 9.83. The number of rotatable bonds is 4. The molecule has 0 amide bonds. The molecule has 2 rings (SSSR count). The number of ether oxygens (including phenoxy) is 1. The predicted molar refractivity (Wildman–Crippen MR) is 61.1 cm³/mol. The summed E-state index contributed by atoms with van der Waals surface area (Å²) in [5.41, 5.74) is -0.315. The van der Waals surface area contributed by atoms with Gasteiger partial charge in [-0.15, -0.1) is 0 Å². The number of esters is 1. The number of aromatic amines is 1. The lowest BCUT2D eigenvalue weighted by Crippen LogP contribution is -2.07. The highest BCUT2D eigenvalue weighted by atomic mass is 16.6. The molecule has 0 aliphatic rings. The van der Waals surface area contributed by atoms with Crippen LogP contribution in [0.3, 0.4) is 0 Å². The highest BCUT2D eigenvalue weighted by molar-refractivity contribution is 5.95. The van der Waals surface area contributed by atoms with Crippen LogP contribution in [-0.2, 0) is 4.74 Å². The van der Waals surface area contributed by atoms with Gasteiger partial charge in [-0.2, -0.15) is 0 Å². The van der Waals surface area contributed by atoms with Crippen LogP contribution in [0, 0.1) is 10.1 Å². The number of furan rings is 1. The van der Waals surface area contributed by atoms with E-state index in [-0.39, 0.29) is 23.6 Å². The van der Waals surface area contributed by atoms with Crippen LogP contribution in [0.1, 0.15) is 17.4 Å². The molecule has 0 aliphatic carbocycles. The number of hydrogen-bond acceptors (Lipinski definition) is 5. The highest BCUT2D eigenvalue weighted by Gasteiger charge is 2.29. The van der Waals surface area contributed by atoms with E-state index in [4.69, 9.17) is 9.15 Å². The minimum Gasteiger partial charge on any atom is -0.464 e. The third kappa shape index (κ3) is 1.97. The number of carbonyl (C=O) groups excluding carboxylic acids is 1. The zero-order valence-electron chi connectivity index (χ0n) is 9.50. The van der Waals surface area contributed by atoms with E-state index in [0.29, 0.717) is 5.76 Å². The minimum atomic E-state index is -0.762. The zero-order chi connectivity index (χ0) is 13.1. The number of carbonyl (C=O) groups is 1. The van der Waals surface area contributed by atoms with Gasteiger partial charge in [-0.25, -0.2) is 4.79 Å². The van der Waals surface area contributed by atoms with Gasteiger partial charge < -0.3 is 14.1 Å². The summed E-state index contributed by atoms with van der Waals surface area (Å²) in [4.78, 5) is 24.5. The molecule has 18 heavy (non-hydrogen) atoms. The van der Waals surface area contributed by atoms with E-state index in [1.165, 1.54) is 12.5 Å². The van der Waals surface area contributed by atoms with Gasteiger partial charge in [-0.1, -0.05) is 0 Å². The Balaban J connectivity index is 2.51. The number of nitrogens with zero attached hydrogens (tertiary/aromatic N) is 1. The molecule has 2 aromatic heterocycles. The Morgan fingerprint density at radius 1 is 1.61 bits per heavy atom. The van der Waals surface area contributed by atoms with Gasteiger partial charge >= 0.3 is 11.7 Å². The molecule has 2 aromatic rings. The van der Waals surface area contributed by atoms with E-state index in [2.05, 4.69) is 4.98 Å². The van der Waals surface area contributed by atoms with Gasteiger partial charge in [0, 0.05) is 6.20 Å². The van der Waals surface area contributed by atoms with Gasteiger partial charge in [0.25, 0.3) is 0 Å². The summed E-state index contributed by atoms with van der Waals surface area (Å²) in [7, 11) is 0. The number of hydrogen-bond donors (Lipinski definition) is 1. The first-order valence-electron chi connectivity index (χ1n) is 5.22. The average molecular weight is 250 g/mol. The number of H-pyrrole nitrogens is 1. The Labute approximate surface area is 102 Å². The second-order valence-electron chi connectivity index (χ2n) is 3.38. The van der Waals surface area contributed by atoms with Gasteiger partial charge in [-0.05, 0) is 19.1 Å². The van der Waals surface area contributed by atoms with Gasteiger partial charge in [0.15, 0.2) is 0 Å². The van der Waals surface area contributed by atoms with Crippen molar-refractivity contribution in [3.05, 3.63) is 40.4 Å². The summed E-state index contributed by atoms with van der Waals surface area (Å²) in [5, 5.41) is 11.0. The van der Waals surface area contributed by atoms with Crippen molar-refractivity contribution >= 4 is 11.7 Å². The van der Waals surface area contributed by atoms with Crippen LogP contribution < -0.4 is 0 Å². The smallest absolute Gasteiger partial charge is 0.361 e. The number of nitro groups is 1. The number of aromatic nitrogens is 1. The predicted octanol–water partition coefficient (Wildman–Crippen LogP) is 2.36. The van der Waals surface area contributed by atoms with Crippen molar-refractivity contribution in [3.8, 4) is 11.3 Å². The van der Waals surface area contributed by atoms with Crippen LogP contribution >= 0.6 is 0 Å². The molecule has 1 N–H and O–H groups in total. The fourth-order valence-corrected chi connectivity index (χ4v) is 1.58. The fourth-order valence-electron chi connectivity index (χ4n) is 1.58. The van der Waals surface area contributed by atoms with Crippen LogP contribution in [0.5, 0.6) is 0 Å². The monoisotopic (exact) mass is 250 g/mol. The Bertz CT molecular complexity index is 570. The van der Waals surface area contributed by atoms with Gasteiger partial charge in [0.1, 0.15) is 11.3 Å². The van der Waals surface area contributed by atoms with E-state index in [1.807, 2.05) is 0 Å². The van der Waals surface area contributed by atoms with Crippen LogP contribution in [-0.4, -0.2) is 22.5 Å². The zero-order valence-corrected chi connectivity index (χ0v) is 9.50. The molecule has 0 fully saturated rings.